The van der Waals surface area contributed by atoms with Gasteiger partial charge < -0.3 is 10.5 Å². The van der Waals surface area contributed by atoms with Crippen molar-refractivity contribution >= 4 is 0 Å². The van der Waals surface area contributed by atoms with Gasteiger partial charge >= 0.3 is 0 Å². The molecule has 1 heterocycles. The van der Waals surface area contributed by atoms with E-state index in [9.17, 15) is 0 Å². The number of methoxy groups -OCH3 is 1. The fourth-order valence-corrected chi connectivity index (χ4v) is 2.89. The first-order chi connectivity index (χ1) is 8.76. The molecule has 0 bridgehead atoms. The van der Waals surface area contributed by atoms with Crippen molar-refractivity contribution in [2.45, 2.75) is 31.7 Å². The summed E-state index contributed by atoms with van der Waals surface area (Å²) in [5.74, 6) is 1.37. The molecule has 0 radical (unpaired) electrons. The van der Waals surface area contributed by atoms with Crippen molar-refractivity contribution in [2.24, 2.45) is 5.73 Å². The number of nitrogens with two attached hydrogens (primary N) is 1. The van der Waals surface area contributed by atoms with Gasteiger partial charge in [0.15, 0.2) is 0 Å². The maximum atomic E-state index is 5.99. The van der Waals surface area contributed by atoms with Gasteiger partial charge in [-0.15, -0.1) is 0 Å². The smallest absolute Gasteiger partial charge is 0.119 e. The molecule has 1 saturated heterocycles. The highest BCUT2D eigenvalue weighted by molar-refractivity contribution is 5.31. The minimum Gasteiger partial charge on any atom is -0.497 e. The van der Waals surface area contributed by atoms with E-state index in [1.54, 1.807) is 7.11 Å². The van der Waals surface area contributed by atoms with Crippen molar-refractivity contribution in [3.8, 4) is 5.75 Å². The normalized spacial score (nSPS) is 19.7. The summed E-state index contributed by atoms with van der Waals surface area (Å²) >= 11 is 0. The Bertz CT molecular complexity index is 375. The highest BCUT2D eigenvalue weighted by Crippen LogP contribution is 2.27. The zero-order chi connectivity index (χ0) is 13.0. The van der Waals surface area contributed by atoms with Crippen LogP contribution in [-0.2, 0) is 0 Å². The average Bonchev–Trinajstić information content (AvgIpc) is 2.93. The molecule has 0 saturated carbocycles. The third-order valence-corrected chi connectivity index (χ3v) is 4.05. The first-order valence-electron chi connectivity index (χ1n) is 6.84. The van der Waals surface area contributed by atoms with Gasteiger partial charge in [-0.25, -0.2) is 0 Å². The summed E-state index contributed by atoms with van der Waals surface area (Å²) in [4.78, 5) is 2.53. The van der Waals surface area contributed by atoms with Gasteiger partial charge in [0.05, 0.1) is 7.11 Å². The molecule has 2 unspecified atom stereocenters. The van der Waals surface area contributed by atoms with Gasteiger partial charge in [-0.05, 0) is 49.5 Å². The molecule has 3 nitrogen and oxygen atoms in total. The van der Waals surface area contributed by atoms with E-state index in [4.69, 9.17) is 10.5 Å². The highest BCUT2D eigenvalue weighted by atomic mass is 16.5. The molecule has 2 rings (SSSR count). The summed E-state index contributed by atoms with van der Waals surface area (Å²) in [5, 5.41) is 0. The summed E-state index contributed by atoms with van der Waals surface area (Å²) in [6.07, 6.45) is 2.61. The standard InChI is InChI=1S/C15H24N2O/c1-12(13-6-5-7-14(10-13)18-2)15(11-16)17-8-3-4-9-17/h5-7,10,12,15H,3-4,8-9,11,16H2,1-2H3. The van der Waals surface area contributed by atoms with E-state index in [2.05, 4.69) is 30.0 Å². The van der Waals surface area contributed by atoms with E-state index in [0.29, 0.717) is 12.0 Å². The molecule has 1 aliphatic heterocycles. The first kappa shape index (κ1) is 13.4. The lowest BCUT2D eigenvalue weighted by atomic mass is 9.92. The summed E-state index contributed by atoms with van der Waals surface area (Å²) < 4.78 is 5.30. The molecule has 1 fully saturated rings. The number of hydrogen-bond donors (Lipinski definition) is 1. The fourth-order valence-electron chi connectivity index (χ4n) is 2.89. The van der Waals surface area contributed by atoms with E-state index in [1.165, 1.54) is 31.5 Å². The van der Waals surface area contributed by atoms with Crippen molar-refractivity contribution in [1.29, 1.82) is 0 Å². The maximum absolute atomic E-state index is 5.99. The van der Waals surface area contributed by atoms with Crippen molar-refractivity contribution < 1.29 is 4.74 Å². The molecule has 2 N–H and O–H groups in total. The number of likely N-dealkylation sites (tertiary alicyclic amines) is 1. The lowest BCUT2D eigenvalue weighted by molar-refractivity contribution is 0.221. The van der Waals surface area contributed by atoms with Gasteiger partial charge in [0.2, 0.25) is 0 Å². The van der Waals surface area contributed by atoms with Crippen molar-refractivity contribution in [1.82, 2.24) is 4.90 Å². The van der Waals surface area contributed by atoms with Gasteiger partial charge in [-0.3, -0.25) is 4.90 Å². The van der Waals surface area contributed by atoms with Gasteiger partial charge in [0.1, 0.15) is 5.75 Å². The molecule has 3 heteroatoms. The monoisotopic (exact) mass is 248 g/mol. The largest absolute Gasteiger partial charge is 0.497 e. The average molecular weight is 248 g/mol. The van der Waals surface area contributed by atoms with Crippen LogP contribution in [0.4, 0.5) is 0 Å². The lowest BCUT2D eigenvalue weighted by Gasteiger charge is -2.32. The van der Waals surface area contributed by atoms with E-state index in [-0.39, 0.29) is 0 Å². The van der Waals surface area contributed by atoms with Crippen LogP contribution in [0, 0.1) is 0 Å². The molecule has 0 amide bonds. The van der Waals surface area contributed by atoms with Crippen molar-refractivity contribution in [3.63, 3.8) is 0 Å². The SMILES string of the molecule is COc1cccc(C(C)C(CN)N2CCCC2)c1. The minimum absolute atomic E-state index is 0.444. The van der Waals surface area contributed by atoms with Crippen molar-refractivity contribution in [3.05, 3.63) is 29.8 Å². The minimum atomic E-state index is 0.444. The fraction of sp³-hybridized carbons (Fsp3) is 0.600. The van der Waals surface area contributed by atoms with Crippen LogP contribution >= 0.6 is 0 Å². The van der Waals surface area contributed by atoms with Crippen LogP contribution in [0.25, 0.3) is 0 Å². The summed E-state index contributed by atoms with van der Waals surface area (Å²) in [6, 6.07) is 8.79. The Kier molecular flexibility index (Phi) is 4.61. The van der Waals surface area contributed by atoms with E-state index in [1.807, 2.05) is 6.07 Å². The quantitative estimate of drug-likeness (QED) is 0.868. The van der Waals surface area contributed by atoms with Crippen LogP contribution in [0.2, 0.25) is 0 Å². The van der Waals surface area contributed by atoms with Crippen LogP contribution in [0.1, 0.15) is 31.2 Å². The summed E-state index contributed by atoms with van der Waals surface area (Å²) in [6.45, 7) is 5.37. The Hall–Kier alpha value is -1.06. The van der Waals surface area contributed by atoms with Crippen LogP contribution in [0.3, 0.4) is 0 Å². The van der Waals surface area contributed by atoms with E-state index < -0.39 is 0 Å². The molecule has 2 atom stereocenters. The van der Waals surface area contributed by atoms with Crippen LogP contribution in [0.5, 0.6) is 5.75 Å². The van der Waals surface area contributed by atoms with E-state index >= 15 is 0 Å². The Balaban J connectivity index is 2.13. The van der Waals surface area contributed by atoms with Crippen LogP contribution < -0.4 is 10.5 Å². The third kappa shape index (κ3) is 2.85. The van der Waals surface area contributed by atoms with Gasteiger partial charge in [0, 0.05) is 12.6 Å². The second kappa shape index (κ2) is 6.21. The lowest BCUT2D eigenvalue weighted by Crippen LogP contribution is -2.42. The Labute approximate surface area is 110 Å². The predicted octanol–water partition coefficient (Wildman–Crippen LogP) is 2.22. The van der Waals surface area contributed by atoms with Crippen molar-refractivity contribution in [2.75, 3.05) is 26.7 Å². The number of rotatable bonds is 5. The number of ether oxygens (including phenoxy) is 1. The van der Waals surface area contributed by atoms with E-state index in [0.717, 1.165) is 12.3 Å². The topological polar surface area (TPSA) is 38.5 Å². The zero-order valence-electron chi connectivity index (χ0n) is 11.4. The number of hydrogen-bond acceptors (Lipinski definition) is 3. The zero-order valence-corrected chi connectivity index (χ0v) is 11.4. The molecule has 1 aromatic carbocycles. The first-order valence-corrected chi connectivity index (χ1v) is 6.84. The molecule has 100 valence electrons. The molecule has 0 aliphatic carbocycles. The second-order valence-electron chi connectivity index (χ2n) is 5.11. The van der Waals surface area contributed by atoms with Crippen LogP contribution in [0.15, 0.2) is 24.3 Å². The van der Waals surface area contributed by atoms with Gasteiger partial charge in [-0.2, -0.15) is 0 Å². The van der Waals surface area contributed by atoms with Gasteiger partial charge in [0.25, 0.3) is 0 Å². The second-order valence-corrected chi connectivity index (χ2v) is 5.11. The molecule has 18 heavy (non-hydrogen) atoms. The molecule has 0 aromatic heterocycles. The van der Waals surface area contributed by atoms with Gasteiger partial charge in [-0.1, -0.05) is 19.1 Å². The summed E-state index contributed by atoms with van der Waals surface area (Å²) in [5.41, 5.74) is 7.30. The Morgan fingerprint density at radius 3 is 2.67 bits per heavy atom. The molecule has 1 aromatic rings. The number of nitrogens with zero attached hydrogens (tertiary/aromatic N) is 1. The molecule has 0 spiro atoms. The summed E-state index contributed by atoms with van der Waals surface area (Å²) in [7, 11) is 1.71. The molecule has 1 aliphatic rings. The van der Waals surface area contributed by atoms with Crippen LogP contribution in [-0.4, -0.2) is 37.7 Å². The Morgan fingerprint density at radius 1 is 1.33 bits per heavy atom. The maximum Gasteiger partial charge on any atom is 0.119 e. The number of benzene rings is 1. The molecular formula is C15H24N2O. The predicted molar refractivity (Wildman–Crippen MR) is 75.1 cm³/mol. The molecular weight excluding hydrogens is 224 g/mol. The highest BCUT2D eigenvalue weighted by Gasteiger charge is 2.26. The third-order valence-electron chi connectivity index (χ3n) is 4.05. The Morgan fingerprint density at radius 2 is 2.06 bits per heavy atom.